The van der Waals surface area contributed by atoms with Gasteiger partial charge < -0.3 is 0 Å². The average Bonchev–Trinajstić information content (AvgIpc) is 2.45. The van der Waals surface area contributed by atoms with Crippen molar-refractivity contribution in [3.63, 3.8) is 0 Å². The number of carbonyl (C=O) groups is 1. The Bertz CT molecular complexity index is 476. The molecule has 1 heterocycles. The van der Waals surface area contributed by atoms with E-state index in [9.17, 15) is 4.79 Å². The van der Waals surface area contributed by atoms with Gasteiger partial charge in [-0.1, -0.05) is 22.0 Å². The van der Waals surface area contributed by atoms with Gasteiger partial charge in [-0.3, -0.25) is 4.79 Å². The molecule has 0 saturated heterocycles. The molecule has 0 fully saturated rings. The molecule has 0 unspecified atom stereocenters. The molecule has 4 heteroatoms. The SMILES string of the molecule is O=Cc1c(Br)ccc2cc(Br)sc12. The lowest BCUT2D eigenvalue weighted by atomic mass is 10.2. The van der Waals surface area contributed by atoms with Crippen molar-refractivity contribution in [1.29, 1.82) is 0 Å². The van der Waals surface area contributed by atoms with Crippen LogP contribution < -0.4 is 0 Å². The van der Waals surface area contributed by atoms with Gasteiger partial charge in [0.25, 0.3) is 0 Å². The lowest BCUT2D eigenvalue weighted by Gasteiger charge is -1.96. The second-order valence-electron chi connectivity index (χ2n) is 2.55. The summed E-state index contributed by atoms with van der Waals surface area (Å²) >= 11 is 8.32. The Labute approximate surface area is 96.0 Å². The number of carbonyl (C=O) groups excluding carboxylic acids is 1. The van der Waals surface area contributed by atoms with Crippen LogP contribution in [0.4, 0.5) is 0 Å². The highest BCUT2D eigenvalue weighted by Crippen LogP contribution is 2.34. The predicted octanol–water partition coefficient (Wildman–Crippen LogP) is 4.24. The molecule has 0 saturated carbocycles. The molecule has 13 heavy (non-hydrogen) atoms. The van der Waals surface area contributed by atoms with Crippen LogP contribution >= 0.6 is 43.2 Å². The van der Waals surface area contributed by atoms with Crippen LogP contribution in [0.3, 0.4) is 0 Å². The van der Waals surface area contributed by atoms with Crippen LogP contribution in [0, 0.1) is 0 Å². The van der Waals surface area contributed by atoms with E-state index in [1.807, 2.05) is 18.2 Å². The van der Waals surface area contributed by atoms with Gasteiger partial charge in [-0.2, -0.15) is 0 Å². The summed E-state index contributed by atoms with van der Waals surface area (Å²) in [6, 6.07) is 5.90. The topological polar surface area (TPSA) is 17.1 Å². The lowest BCUT2D eigenvalue weighted by molar-refractivity contribution is 0.112. The Morgan fingerprint density at radius 1 is 1.31 bits per heavy atom. The highest BCUT2D eigenvalue weighted by molar-refractivity contribution is 9.11. The van der Waals surface area contributed by atoms with Crippen molar-refractivity contribution in [3.05, 3.63) is 32.0 Å². The van der Waals surface area contributed by atoms with Crippen molar-refractivity contribution in [2.75, 3.05) is 0 Å². The number of fused-ring (bicyclic) bond motifs is 1. The third-order valence-electron chi connectivity index (χ3n) is 1.76. The molecular weight excluding hydrogens is 316 g/mol. The minimum Gasteiger partial charge on any atom is -0.298 e. The Morgan fingerprint density at radius 3 is 2.77 bits per heavy atom. The predicted molar refractivity (Wildman–Crippen MR) is 62.6 cm³/mol. The van der Waals surface area contributed by atoms with E-state index in [0.717, 1.165) is 30.2 Å². The third-order valence-corrected chi connectivity index (χ3v) is 4.14. The smallest absolute Gasteiger partial charge is 0.152 e. The molecule has 1 aromatic heterocycles. The standard InChI is InChI=1S/C9H4Br2OS/c10-7-2-1-5-3-8(11)13-9(5)6(7)4-12/h1-4H. The van der Waals surface area contributed by atoms with Crippen LogP contribution in [0.1, 0.15) is 10.4 Å². The molecule has 66 valence electrons. The summed E-state index contributed by atoms with van der Waals surface area (Å²) < 4.78 is 2.92. The van der Waals surface area contributed by atoms with E-state index in [1.165, 1.54) is 0 Å². The summed E-state index contributed by atoms with van der Waals surface area (Å²) in [5.41, 5.74) is 0.730. The molecule has 0 N–H and O–H groups in total. The van der Waals surface area contributed by atoms with Crippen molar-refractivity contribution >= 4 is 59.6 Å². The first kappa shape index (κ1) is 9.37. The molecule has 1 nitrogen and oxygen atoms in total. The zero-order valence-corrected chi connectivity index (χ0v) is 10.4. The van der Waals surface area contributed by atoms with Crippen molar-refractivity contribution in [2.45, 2.75) is 0 Å². The maximum atomic E-state index is 10.8. The molecule has 0 atom stereocenters. The highest BCUT2D eigenvalue weighted by Gasteiger charge is 2.07. The molecule has 0 bridgehead atoms. The van der Waals surface area contributed by atoms with Crippen molar-refractivity contribution < 1.29 is 4.79 Å². The van der Waals surface area contributed by atoms with Crippen molar-refractivity contribution in [2.24, 2.45) is 0 Å². The van der Waals surface area contributed by atoms with E-state index in [1.54, 1.807) is 11.3 Å². The minimum atomic E-state index is 0.730. The van der Waals surface area contributed by atoms with Gasteiger partial charge in [0.1, 0.15) is 0 Å². The first-order valence-corrected chi connectivity index (χ1v) is 5.95. The fraction of sp³-hybridized carbons (Fsp3) is 0. The molecular formula is C9H4Br2OS. The van der Waals surface area contributed by atoms with Crippen LogP contribution in [0.2, 0.25) is 0 Å². The minimum absolute atomic E-state index is 0.730. The van der Waals surface area contributed by atoms with Gasteiger partial charge in [0.15, 0.2) is 6.29 Å². The summed E-state index contributed by atoms with van der Waals surface area (Å²) in [5.74, 6) is 0. The third kappa shape index (κ3) is 1.58. The molecule has 0 radical (unpaired) electrons. The summed E-state index contributed by atoms with van der Waals surface area (Å²) in [7, 11) is 0. The Kier molecular flexibility index (Phi) is 2.53. The van der Waals surface area contributed by atoms with Gasteiger partial charge in [-0.15, -0.1) is 11.3 Å². The fourth-order valence-corrected chi connectivity index (χ4v) is 3.36. The fourth-order valence-electron chi connectivity index (χ4n) is 1.18. The van der Waals surface area contributed by atoms with Crippen LogP contribution in [0.25, 0.3) is 10.1 Å². The number of benzene rings is 1. The molecule has 0 aliphatic carbocycles. The number of thiophene rings is 1. The van der Waals surface area contributed by atoms with Crippen LogP contribution in [0.5, 0.6) is 0 Å². The van der Waals surface area contributed by atoms with Crippen LogP contribution in [-0.2, 0) is 0 Å². The summed E-state index contributed by atoms with van der Waals surface area (Å²) in [6.45, 7) is 0. The van der Waals surface area contributed by atoms with E-state index in [-0.39, 0.29) is 0 Å². The number of hydrogen-bond acceptors (Lipinski definition) is 2. The van der Waals surface area contributed by atoms with Gasteiger partial charge in [-0.05, 0) is 33.4 Å². The zero-order chi connectivity index (χ0) is 9.42. The van der Waals surface area contributed by atoms with Crippen LogP contribution in [-0.4, -0.2) is 6.29 Å². The van der Waals surface area contributed by atoms with Gasteiger partial charge >= 0.3 is 0 Å². The molecule has 0 aliphatic rings. The Balaban J connectivity index is 2.90. The number of halogens is 2. The van der Waals surface area contributed by atoms with Gasteiger partial charge in [-0.25, -0.2) is 0 Å². The maximum absolute atomic E-state index is 10.8. The van der Waals surface area contributed by atoms with E-state index in [2.05, 4.69) is 31.9 Å². The number of rotatable bonds is 1. The monoisotopic (exact) mass is 318 g/mol. The molecule has 0 aliphatic heterocycles. The second kappa shape index (κ2) is 3.52. The van der Waals surface area contributed by atoms with E-state index in [4.69, 9.17) is 0 Å². The van der Waals surface area contributed by atoms with E-state index >= 15 is 0 Å². The van der Waals surface area contributed by atoms with E-state index in [0.29, 0.717) is 0 Å². The van der Waals surface area contributed by atoms with Gasteiger partial charge in [0, 0.05) is 14.7 Å². The molecule has 1 aromatic carbocycles. The molecule has 0 spiro atoms. The quantitative estimate of drug-likeness (QED) is 0.719. The lowest BCUT2D eigenvalue weighted by Crippen LogP contribution is -1.80. The Morgan fingerprint density at radius 2 is 2.08 bits per heavy atom. The van der Waals surface area contributed by atoms with Gasteiger partial charge in [0.2, 0.25) is 0 Å². The molecule has 2 rings (SSSR count). The normalized spacial score (nSPS) is 10.6. The summed E-state index contributed by atoms with van der Waals surface area (Å²) in [4.78, 5) is 10.8. The molecule has 2 aromatic rings. The number of aldehydes is 1. The van der Waals surface area contributed by atoms with Crippen LogP contribution in [0.15, 0.2) is 26.5 Å². The highest BCUT2D eigenvalue weighted by atomic mass is 79.9. The largest absolute Gasteiger partial charge is 0.298 e. The number of hydrogen-bond donors (Lipinski definition) is 0. The summed E-state index contributed by atoms with van der Waals surface area (Å²) in [5, 5.41) is 1.10. The first-order chi connectivity index (χ1) is 6.22. The molecule has 0 amide bonds. The summed E-state index contributed by atoms with van der Waals surface area (Å²) in [6.07, 6.45) is 0.884. The first-order valence-electron chi connectivity index (χ1n) is 3.55. The zero-order valence-electron chi connectivity index (χ0n) is 6.38. The van der Waals surface area contributed by atoms with E-state index < -0.39 is 0 Å². The second-order valence-corrected chi connectivity index (χ2v) is 5.83. The average molecular weight is 320 g/mol. The van der Waals surface area contributed by atoms with Crippen molar-refractivity contribution in [1.82, 2.24) is 0 Å². The Hall–Kier alpha value is -0.190. The maximum Gasteiger partial charge on any atom is 0.152 e. The van der Waals surface area contributed by atoms with Crippen molar-refractivity contribution in [3.8, 4) is 0 Å². The van der Waals surface area contributed by atoms with Gasteiger partial charge in [0.05, 0.1) is 3.79 Å².